The van der Waals surface area contributed by atoms with E-state index >= 15 is 4.79 Å². The summed E-state index contributed by atoms with van der Waals surface area (Å²) in [7, 11) is 0. The number of Topliss-reactive ketones (excluding diaryl/α,β-unsaturated/α-hetero) is 1. The van der Waals surface area contributed by atoms with Gasteiger partial charge in [-0.2, -0.15) is 0 Å². The summed E-state index contributed by atoms with van der Waals surface area (Å²) in [6.45, 7) is 0. The quantitative estimate of drug-likeness (QED) is 0.181. The van der Waals surface area contributed by atoms with Crippen LogP contribution < -0.4 is 4.90 Å². The molecule has 1 aliphatic heterocycles. The molecule has 0 aromatic heterocycles. The molecule has 1 saturated heterocycles. The molecule has 5 aromatic rings. The highest BCUT2D eigenvalue weighted by Gasteiger charge is 2.82. The van der Waals surface area contributed by atoms with Gasteiger partial charge in [0.25, 0.3) is 0 Å². The lowest BCUT2D eigenvalue weighted by Gasteiger charge is -2.39. The SMILES string of the molecule is O=C1[C@@H]2[C@H](C(=O)N1c1ccc(F)cc1)[C@@]1(c3ccc(Cl)cc3)C(=O)[C@@]2(c2ccc(Cl)cc2)C(c2ccccc2)=C1c1ccccc1. The van der Waals surface area contributed by atoms with E-state index < -0.39 is 40.3 Å². The third-order valence-electron chi connectivity index (χ3n) is 9.80. The molecule has 0 unspecified atom stereocenters. The standard InChI is InChI=1S/C39H24Cl2FNO3/c40-27-15-11-25(12-16-27)38-31(23-7-3-1-4-8-23)32(24-9-5-2-6-10-24)39(37(38)46,26-13-17-28(41)18-14-26)34-33(38)35(44)43(36(34)45)30-21-19-29(42)20-22-30/h1-22,33-34H/t33-,34+,38-,39-/m0/s1. The van der Waals surface area contributed by atoms with Crippen LogP contribution in [0.15, 0.2) is 133 Å². The van der Waals surface area contributed by atoms with E-state index in [1.165, 1.54) is 24.3 Å². The largest absolute Gasteiger partial charge is 0.297 e. The van der Waals surface area contributed by atoms with Crippen molar-refractivity contribution in [1.29, 1.82) is 0 Å². The summed E-state index contributed by atoms with van der Waals surface area (Å²) < 4.78 is 14.0. The molecule has 7 heteroatoms. The zero-order valence-corrected chi connectivity index (χ0v) is 25.7. The maximum absolute atomic E-state index is 15.9. The Bertz CT molecular complexity index is 1950. The van der Waals surface area contributed by atoms with Crippen molar-refractivity contribution in [2.24, 2.45) is 11.8 Å². The first-order valence-electron chi connectivity index (χ1n) is 14.9. The molecule has 2 aliphatic carbocycles. The molecule has 2 bridgehead atoms. The van der Waals surface area contributed by atoms with Crippen LogP contribution in [0.4, 0.5) is 10.1 Å². The number of imide groups is 1. The van der Waals surface area contributed by atoms with Gasteiger partial charge < -0.3 is 0 Å². The number of halogens is 3. The zero-order valence-electron chi connectivity index (χ0n) is 24.2. The summed E-state index contributed by atoms with van der Waals surface area (Å²) >= 11 is 12.8. The summed E-state index contributed by atoms with van der Waals surface area (Å²) in [5, 5.41) is 0.943. The van der Waals surface area contributed by atoms with Crippen LogP contribution in [0.25, 0.3) is 11.1 Å². The Morgan fingerprint density at radius 3 is 1.30 bits per heavy atom. The fraction of sp³-hybridized carbons (Fsp3) is 0.103. The lowest BCUT2D eigenvalue weighted by Crippen LogP contribution is -2.45. The van der Waals surface area contributed by atoms with Gasteiger partial charge in [-0.05, 0) is 81.9 Å². The highest BCUT2D eigenvalue weighted by atomic mass is 35.5. The van der Waals surface area contributed by atoms with Gasteiger partial charge in [0.1, 0.15) is 5.82 Å². The number of anilines is 1. The predicted octanol–water partition coefficient (Wildman–Crippen LogP) is 8.32. The summed E-state index contributed by atoms with van der Waals surface area (Å²) in [4.78, 5) is 46.8. The minimum absolute atomic E-state index is 0.248. The number of carbonyl (C=O) groups excluding carboxylic acids is 3. The lowest BCUT2D eigenvalue weighted by molar-refractivity contribution is -0.130. The molecular formula is C39H24Cl2FNO3. The van der Waals surface area contributed by atoms with Gasteiger partial charge in [0, 0.05) is 10.0 Å². The van der Waals surface area contributed by atoms with Crippen molar-refractivity contribution in [2.75, 3.05) is 4.90 Å². The first kappa shape index (κ1) is 28.6. The Kier molecular flexibility index (Phi) is 6.44. The molecule has 2 amide bonds. The van der Waals surface area contributed by atoms with Crippen LogP contribution in [0.3, 0.4) is 0 Å². The van der Waals surface area contributed by atoms with Crippen molar-refractivity contribution in [2.45, 2.75) is 10.8 Å². The van der Waals surface area contributed by atoms with E-state index in [1.54, 1.807) is 48.5 Å². The van der Waals surface area contributed by atoms with Gasteiger partial charge >= 0.3 is 0 Å². The van der Waals surface area contributed by atoms with Gasteiger partial charge in [-0.25, -0.2) is 9.29 Å². The van der Waals surface area contributed by atoms with Gasteiger partial charge in [0.05, 0.1) is 28.4 Å². The van der Waals surface area contributed by atoms with Gasteiger partial charge in [-0.1, -0.05) is 108 Å². The normalized spacial score (nSPS) is 25.0. The molecule has 3 aliphatic rings. The molecule has 0 N–H and O–H groups in total. The summed E-state index contributed by atoms with van der Waals surface area (Å²) in [6, 6.07) is 38.4. The monoisotopic (exact) mass is 643 g/mol. The van der Waals surface area contributed by atoms with Crippen molar-refractivity contribution in [3.05, 3.63) is 172 Å². The van der Waals surface area contributed by atoms with E-state index in [0.717, 1.165) is 16.0 Å². The second-order valence-corrected chi connectivity index (χ2v) is 12.8. The minimum atomic E-state index is -1.57. The molecule has 0 spiro atoms. The van der Waals surface area contributed by atoms with E-state index in [2.05, 4.69) is 0 Å². The van der Waals surface area contributed by atoms with E-state index in [-0.39, 0.29) is 11.5 Å². The van der Waals surface area contributed by atoms with E-state index in [1.807, 2.05) is 60.7 Å². The highest BCUT2D eigenvalue weighted by molar-refractivity contribution is 6.39. The van der Waals surface area contributed by atoms with E-state index in [9.17, 15) is 14.0 Å². The average molecular weight is 645 g/mol. The van der Waals surface area contributed by atoms with E-state index in [4.69, 9.17) is 23.2 Å². The number of carbonyl (C=O) groups is 3. The Morgan fingerprint density at radius 2 is 0.913 bits per heavy atom. The Labute approximate surface area is 274 Å². The molecule has 1 heterocycles. The maximum Gasteiger partial charge on any atom is 0.239 e. The first-order chi connectivity index (χ1) is 22.3. The van der Waals surface area contributed by atoms with Crippen molar-refractivity contribution >= 4 is 57.6 Å². The van der Waals surface area contributed by atoms with Crippen LogP contribution in [-0.4, -0.2) is 17.6 Å². The second kappa shape index (κ2) is 10.3. The molecule has 5 aromatic carbocycles. The highest BCUT2D eigenvalue weighted by Crippen LogP contribution is 2.74. The van der Waals surface area contributed by atoms with Crippen LogP contribution in [-0.2, 0) is 25.2 Å². The second-order valence-electron chi connectivity index (χ2n) is 11.9. The van der Waals surface area contributed by atoms with Crippen molar-refractivity contribution in [3.63, 3.8) is 0 Å². The average Bonchev–Trinajstić information content (AvgIpc) is 3.58. The molecule has 8 rings (SSSR count). The number of amides is 2. The van der Waals surface area contributed by atoms with Crippen LogP contribution in [0.2, 0.25) is 10.0 Å². The van der Waals surface area contributed by atoms with Crippen LogP contribution in [0.5, 0.6) is 0 Å². The lowest BCUT2D eigenvalue weighted by atomic mass is 9.59. The van der Waals surface area contributed by atoms with Crippen molar-refractivity contribution < 1.29 is 18.8 Å². The number of nitrogens with zero attached hydrogens (tertiary/aromatic N) is 1. The third kappa shape index (κ3) is 3.64. The summed E-state index contributed by atoms with van der Waals surface area (Å²) in [6.07, 6.45) is 0. The number of benzene rings is 5. The number of ketones is 1. The summed E-state index contributed by atoms with van der Waals surface area (Å²) in [5.41, 5.74) is 1.12. The van der Waals surface area contributed by atoms with E-state index in [0.29, 0.717) is 32.3 Å². The molecule has 0 radical (unpaired) electrons. The first-order valence-corrected chi connectivity index (χ1v) is 15.6. The van der Waals surface area contributed by atoms with Crippen LogP contribution >= 0.6 is 23.2 Å². The predicted molar refractivity (Wildman–Crippen MR) is 177 cm³/mol. The topological polar surface area (TPSA) is 54.5 Å². The Hall–Kier alpha value is -4.84. The molecule has 4 nitrogen and oxygen atoms in total. The Balaban J connectivity index is 1.56. The maximum atomic E-state index is 15.9. The molecule has 224 valence electrons. The van der Waals surface area contributed by atoms with Crippen LogP contribution in [0, 0.1) is 17.7 Å². The molecule has 4 atom stereocenters. The number of fused-ring (bicyclic) bond motifs is 5. The number of allylic oxidation sites excluding steroid dienone is 2. The van der Waals surface area contributed by atoms with Gasteiger partial charge in [0.2, 0.25) is 11.8 Å². The smallest absolute Gasteiger partial charge is 0.239 e. The van der Waals surface area contributed by atoms with Crippen LogP contribution in [0.1, 0.15) is 22.3 Å². The molecule has 46 heavy (non-hydrogen) atoms. The third-order valence-corrected chi connectivity index (χ3v) is 10.3. The van der Waals surface area contributed by atoms with Crippen molar-refractivity contribution in [3.8, 4) is 0 Å². The fourth-order valence-corrected chi connectivity index (χ4v) is 8.45. The molecule has 1 saturated carbocycles. The number of hydrogen-bond donors (Lipinski definition) is 0. The van der Waals surface area contributed by atoms with Gasteiger partial charge in [-0.15, -0.1) is 0 Å². The Morgan fingerprint density at radius 1 is 0.522 bits per heavy atom. The molecule has 2 fully saturated rings. The minimum Gasteiger partial charge on any atom is -0.297 e. The summed E-state index contributed by atoms with van der Waals surface area (Å²) in [5.74, 6) is -3.97. The van der Waals surface area contributed by atoms with Gasteiger partial charge in [0.15, 0.2) is 5.78 Å². The number of rotatable bonds is 5. The van der Waals surface area contributed by atoms with Crippen molar-refractivity contribution in [1.82, 2.24) is 0 Å². The molecular weight excluding hydrogens is 620 g/mol. The number of hydrogen-bond acceptors (Lipinski definition) is 3. The fourth-order valence-electron chi connectivity index (χ4n) is 8.20. The zero-order chi connectivity index (χ0) is 31.8. The van der Waals surface area contributed by atoms with Gasteiger partial charge in [-0.3, -0.25) is 14.4 Å².